The van der Waals surface area contributed by atoms with Crippen molar-refractivity contribution in [1.29, 1.82) is 0 Å². The SMILES string of the molecule is CSc1ncc2c(n1)N(C)CCN(c1ccc(C)cc1)C2=O. The first-order valence-corrected chi connectivity index (χ1v) is 8.33. The number of nitrogens with zero attached hydrogens (tertiary/aromatic N) is 4. The van der Waals surface area contributed by atoms with Crippen molar-refractivity contribution in [3.05, 3.63) is 41.6 Å². The zero-order valence-corrected chi connectivity index (χ0v) is 13.7. The second kappa shape index (κ2) is 5.96. The molecule has 114 valence electrons. The first kappa shape index (κ1) is 14.8. The molecule has 1 aliphatic heterocycles. The second-order valence-electron chi connectivity index (χ2n) is 5.31. The van der Waals surface area contributed by atoms with E-state index in [0.29, 0.717) is 23.1 Å². The standard InChI is InChI=1S/C16H18N4OS/c1-11-4-6-12(7-5-11)20-9-8-19(2)14-13(15(20)21)10-17-16(18-14)22-3/h4-7,10H,8-9H2,1-3H3. The molecule has 6 heteroatoms. The normalized spacial score (nSPS) is 14.8. The molecule has 1 aromatic carbocycles. The van der Waals surface area contributed by atoms with E-state index < -0.39 is 0 Å². The van der Waals surface area contributed by atoms with Crippen molar-refractivity contribution in [2.75, 3.05) is 36.2 Å². The molecule has 0 fully saturated rings. The fourth-order valence-corrected chi connectivity index (χ4v) is 2.81. The lowest BCUT2D eigenvalue weighted by molar-refractivity contribution is 0.0989. The molecule has 1 aliphatic rings. The number of carbonyl (C=O) groups is 1. The van der Waals surface area contributed by atoms with Crippen LogP contribution in [0.25, 0.3) is 0 Å². The van der Waals surface area contributed by atoms with Gasteiger partial charge in [0.25, 0.3) is 5.91 Å². The highest BCUT2D eigenvalue weighted by atomic mass is 32.2. The zero-order valence-electron chi connectivity index (χ0n) is 12.9. The molecule has 2 heterocycles. The molecule has 0 radical (unpaired) electrons. The number of hydrogen-bond donors (Lipinski definition) is 0. The summed E-state index contributed by atoms with van der Waals surface area (Å²) in [6.07, 6.45) is 3.57. The lowest BCUT2D eigenvalue weighted by atomic mass is 10.2. The van der Waals surface area contributed by atoms with Gasteiger partial charge in [0.2, 0.25) is 0 Å². The third-order valence-corrected chi connectivity index (χ3v) is 4.33. The summed E-state index contributed by atoms with van der Waals surface area (Å²) in [4.78, 5) is 25.4. The topological polar surface area (TPSA) is 49.3 Å². The van der Waals surface area contributed by atoms with Gasteiger partial charge in [-0.15, -0.1) is 0 Å². The summed E-state index contributed by atoms with van der Waals surface area (Å²) in [6.45, 7) is 3.40. The maximum absolute atomic E-state index is 12.9. The van der Waals surface area contributed by atoms with Crippen LogP contribution in [-0.4, -0.2) is 42.3 Å². The Balaban J connectivity index is 2.03. The van der Waals surface area contributed by atoms with Crippen molar-refractivity contribution in [3.8, 4) is 0 Å². The summed E-state index contributed by atoms with van der Waals surface area (Å²) in [5.74, 6) is 0.662. The van der Waals surface area contributed by atoms with Gasteiger partial charge in [0, 0.05) is 32.0 Å². The number of likely N-dealkylation sites (N-methyl/N-ethyl adjacent to an activating group) is 1. The Morgan fingerprint density at radius 2 is 1.91 bits per heavy atom. The highest BCUT2D eigenvalue weighted by Gasteiger charge is 2.27. The van der Waals surface area contributed by atoms with Crippen molar-refractivity contribution in [1.82, 2.24) is 9.97 Å². The van der Waals surface area contributed by atoms with Gasteiger partial charge in [-0.1, -0.05) is 29.5 Å². The number of benzene rings is 1. The molecule has 0 N–H and O–H groups in total. The molecule has 1 amide bonds. The molecule has 0 aliphatic carbocycles. The van der Waals surface area contributed by atoms with Gasteiger partial charge in [-0.25, -0.2) is 9.97 Å². The number of rotatable bonds is 2. The van der Waals surface area contributed by atoms with Crippen molar-refractivity contribution < 1.29 is 4.79 Å². The number of thioether (sulfide) groups is 1. The summed E-state index contributed by atoms with van der Waals surface area (Å²) in [7, 11) is 1.96. The van der Waals surface area contributed by atoms with E-state index in [1.807, 2.05) is 49.4 Å². The Bertz CT molecular complexity index is 702. The summed E-state index contributed by atoms with van der Waals surface area (Å²) in [5.41, 5.74) is 2.64. The average Bonchev–Trinajstić information content (AvgIpc) is 2.66. The third kappa shape index (κ3) is 2.66. The number of fused-ring (bicyclic) bond motifs is 1. The Labute approximate surface area is 134 Å². The molecule has 0 saturated heterocycles. The molecule has 0 bridgehead atoms. The maximum Gasteiger partial charge on any atom is 0.263 e. The molecule has 0 unspecified atom stereocenters. The fourth-order valence-electron chi connectivity index (χ4n) is 2.47. The van der Waals surface area contributed by atoms with Crippen LogP contribution >= 0.6 is 11.8 Å². The van der Waals surface area contributed by atoms with Gasteiger partial charge in [-0.3, -0.25) is 4.79 Å². The fraction of sp³-hybridized carbons (Fsp3) is 0.312. The van der Waals surface area contributed by atoms with Gasteiger partial charge in [-0.05, 0) is 25.3 Å². The van der Waals surface area contributed by atoms with Crippen LogP contribution in [0.2, 0.25) is 0 Å². The molecule has 3 rings (SSSR count). The molecule has 0 saturated carbocycles. The summed E-state index contributed by atoms with van der Waals surface area (Å²) >= 11 is 1.48. The predicted molar refractivity (Wildman–Crippen MR) is 89.9 cm³/mol. The quantitative estimate of drug-likeness (QED) is 0.630. The minimum Gasteiger partial charge on any atom is -0.357 e. The lowest BCUT2D eigenvalue weighted by Crippen LogP contribution is -2.33. The number of amides is 1. The summed E-state index contributed by atoms with van der Waals surface area (Å²) in [6, 6.07) is 8.00. The van der Waals surface area contributed by atoms with Gasteiger partial charge < -0.3 is 9.80 Å². The minimum atomic E-state index is -0.0455. The second-order valence-corrected chi connectivity index (χ2v) is 6.08. The van der Waals surface area contributed by atoms with E-state index in [9.17, 15) is 4.79 Å². The van der Waals surface area contributed by atoms with E-state index in [-0.39, 0.29) is 5.91 Å². The van der Waals surface area contributed by atoms with Crippen LogP contribution in [0, 0.1) is 6.92 Å². The van der Waals surface area contributed by atoms with E-state index in [0.717, 1.165) is 12.2 Å². The van der Waals surface area contributed by atoms with E-state index in [1.54, 1.807) is 11.1 Å². The third-order valence-electron chi connectivity index (χ3n) is 3.77. The van der Waals surface area contributed by atoms with E-state index in [4.69, 9.17) is 0 Å². The monoisotopic (exact) mass is 314 g/mol. The molecule has 0 atom stereocenters. The van der Waals surface area contributed by atoms with Crippen molar-refractivity contribution in [2.45, 2.75) is 12.1 Å². The van der Waals surface area contributed by atoms with Gasteiger partial charge in [0.1, 0.15) is 11.4 Å². The van der Waals surface area contributed by atoms with Crippen LogP contribution in [0.15, 0.2) is 35.6 Å². The van der Waals surface area contributed by atoms with Gasteiger partial charge >= 0.3 is 0 Å². The van der Waals surface area contributed by atoms with Crippen molar-refractivity contribution in [3.63, 3.8) is 0 Å². The first-order valence-electron chi connectivity index (χ1n) is 7.11. The Hall–Kier alpha value is -2.08. The number of aromatic nitrogens is 2. The highest BCUT2D eigenvalue weighted by Crippen LogP contribution is 2.26. The number of anilines is 2. The molecule has 5 nitrogen and oxygen atoms in total. The Morgan fingerprint density at radius 3 is 2.59 bits per heavy atom. The molecular formula is C16H18N4OS. The highest BCUT2D eigenvalue weighted by molar-refractivity contribution is 7.98. The van der Waals surface area contributed by atoms with Crippen LogP contribution in [0.4, 0.5) is 11.5 Å². The minimum absolute atomic E-state index is 0.0455. The van der Waals surface area contributed by atoms with Crippen LogP contribution in [0.5, 0.6) is 0 Å². The number of hydrogen-bond acceptors (Lipinski definition) is 5. The molecule has 2 aromatic rings. The molecule has 0 spiro atoms. The molecule has 1 aromatic heterocycles. The predicted octanol–water partition coefficient (Wildman–Crippen LogP) is 2.60. The number of carbonyl (C=O) groups excluding carboxylic acids is 1. The average molecular weight is 314 g/mol. The van der Waals surface area contributed by atoms with Gasteiger partial charge in [-0.2, -0.15) is 0 Å². The smallest absolute Gasteiger partial charge is 0.263 e. The maximum atomic E-state index is 12.9. The van der Waals surface area contributed by atoms with Gasteiger partial charge in [0.15, 0.2) is 5.16 Å². The van der Waals surface area contributed by atoms with Gasteiger partial charge in [0.05, 0.1) is 0 Å². The van der Waals surface area contributed by atoms with Crippen molar-refractivity contribution in [2.24, 2.45) is 0 Å². The summed E-state index contributed by atoms with van der Waals surface area (Å²) in [5, 5.41) is 0.683. The van der Waals surface area contributed by atoms with E-state index >= 15 is 0 Å². The summed E-state index contributed by atoms with van der Waals surface area (Å²) < 4.78 is 0. The molecule has 22 heavy (non-hydrogen) atoms. The number of aryl methyl sites for hydroxylation is 1. The van der Waals surface area contributed by atoms with Crippen LogP contribution in [0.1, 0.15) is 15.9 Å². The Kier molecular flexibility index (Phi) is 4.02. The first-order chi connectivity index (χ1) is 10.6. The Morgan fingerprint density at radius 1 is 1.18 bits per heavy atom. The van der Waals surface area contributed by atoms with Crippen molar-refractivity contribution >= 4 is 29.2 Å². The van der Waals surface area contributed by atoms with E-state index in [1.165, 1.54) is 17.3 Å². The van der Waals surface area contributed by atoms with Crippen LogP contribution in [0.3, 0.4) is 0 Å². The van der Waals surface area contributed by atoms with Crippen LogP contribution < -0.4 is 9.80 Å². The zero-order chi connectivity index (χ0) is 15.7. The molecular weight excluding hydrogens is 296 g/mol. The lowest BCUT2D eigenvalue weighted by Gasteiger charge is -2.21. The largest absolute Gasteiger partial charge is 0.357 e. The van der Waals surface area contributed by atoms with Crippen LogP contribution in [-0.2, 0) is 0 Å². The van der Waals surface area contributed by atoms with E-state index in [2.05, 4.69) is 9.97 Å².